The van der Waals surface area contributed by atoms with E-state index in [1.165, 1.54) is 24.3 Å². The number of rotatable bonds is 12. The van der Waals surface area contributed by atoms with Gasteiger partial charge in [0.1, 0.15) is 17.7 Å². The van der Waals surface area contributed by atoms with E-state index in [9.17, 15) is 37.1 Å². The van der Waals surface area contributed by atoms with Crippen molar-refractivity contribution >= 4 is 11.9 Å². The topological polar surface area (TPSA) is 91.6 Å². The van der Waals surface area contributed by atoms with E-state index in [1.54, 1.807) is 46.7 Å². The summed E-state index contributed by atoms with van der Waals surface area (Å²) < 4.78 is 72.5. The van der Waals surface area contributed by atoms with Crippen LogP contribution in [-0.2, 0) is 22.2 Å². The maximum Gasteiger partial charge on any atom is 0.416 e. The largest absolute Gasteiger partial charge is 0.481 e. The van der Waals surface area contributed by atoms with Crippen LogP contribution in [0.2, 0.25) is 0 Å². The van der Waals surface area contributed by atoms with Gasteiger partial charge in [-0.15, -0.1) is 6.42 Å². The minimum absolute atomic E-state index is 0.00386. The highest BCUT2D eigenvalue weighted by Gasteiger charge is 2.36. The Hall–Kier alpha value is -4.50. The number of nitrogens with one attached hydrogen (secondary N) is 1. The summed E-state index contributed by atoms with van der Waals surface area (Å²) in [5, 5.41) is 12.3. The average molecular weight is 660 g/mol. The minimum atomic E-state index is -4.82. The molecule has 0 aliphatic carbocycles. The van der Waals surface area contributed by atoms with E-state index in [0.717, 1.165) is 10.8 Å². The summed E-state index contributed by atoms with van der Waals surface area (Å²) in [6.45, 7) is 7.00. The van der Waals surface area contributed by atoms with E-state index in [1.807, 2.05) is 0 Å². The Kier molecular flexibility index (Phi) is 11.7. The molecule has 0 unspecified atom stereocenters. The van der Waals surface area contributed by atoms with E-state index in [-0.39, 0.29) is 42.0 Å². The van der Waals surface area contributed by atoms with Gasteiger partial charge in [-0.1, -0.05) is 19.8 Å². The van der Waals surface area contributed by atoms with E-state index < -0.39 is 59.3 Å². The fourth-order valence-electron chi connectivity index (χ4n) is 5.63. The maximum atomic E-state index is 15.8. The number of carbonyl (C=O) groups is 2. The molecule has 1 amide bonds. The third-order valence-electron chi connectivity index (χ3n) is 7.74. The number of benzene rings is 2. The highest BCUT2D eigenvalue weighted by Crippen LogP contribution is 2.35. The lowest BCUT2D eigenvalue weighted by Gasteiger charge is -2.27. The van der Waals surface area contributed by atoms with Crippen LogP contribution < -0.4 is 10.9 Å². The fourth-order valence-corrected chi connectivity index (χ4v) is 5.63. The molecule has 0 saturated carbocycles. The Morgan fingerprint density at radius 1 is 1.06 bits per heavy atom. The number of pyridine rings is 1. The molecule has 3 rings (SSSR count). The van der Waals surface area contributed by atoms with Crippen molar-refractivity contribution in [2.45, 2.75) is 65.2 Å². The zero-order valence-electron chi connectivity index (χ0n) is 27.1. The van der Waals surface area contributed by atoms with Crippen LogP contribution in [0, 0.1) is 43.7 Å². The van der Waals surface area contributed by atoms with Crippen LogP contribution in [0.1, 0.15) is 72.2 Å². The second-order valence-corrected chi connectivity index (χ2v) is 12.3. The highest BCUT2D eigenvalue weighted by molar-refractivity contribution is 5.82. The Balaban J connectivity index is 2.18. The Bertz CT molecular complexity index is 1730. The number of carbonyl (C=O) groups excluding carboxylic acids is 1. The molecule has 2 N–H and O–H groups in total. The molecular weight excluding hydrogens is 621 g/mol. The van der Waals surface area contributed by atoms with E-state index in [2.05, 4.69) is 11.2 Å². The molecule has 0 saturated heterocycles. The molecule has 12 heteroatoms. The van der Waals surface area contributed by atoms with Gasteiger partial charge >= 0.3 is 12.1 Å². The molecule has 0 aliphatic heterocycles. The number of carboxylic acids is 1. The molecule has 1 heterocycles. The molecule has 0 bridgehead atoms. The van der Waals surface area contributed by atoms with Gasteiger partial charge < -0.3 is 19.9 Å². The molecule has 0 aliphatic rings. The predicted molar refractivity (Wildman–Crippen MR) is 169 cm³/mol. The predicted octanol–water partition coefficient (Wildman–Crippen LogP) is 6.43. The van der Waals surface area contributed by atoms with Gasteiger partial charge in [0.25, 0.3) is 5.56 Å². The summed E-state index contributed by atoms with van der Waals surface area (Å²) >= 11 is 0. The van der Waals surface area contributed by atoms with E-state index in [0.29, 0.717) is 28.3 Å². The monoisotopic (exact) mass is 659 g/mol. The van der Waals surface area contributed by atoms with Crippen molar-refractivity contribution in [3.05, 3.63) is 91.9 Å². The number of aromatic nitrogens is 1. The van der Waals surface area contributed by atoms with Gasteiger partial charge in [-0.2, -0.15) is 13.2 Å². The Morgan fingerprint density at radius 2 is 1.68 bits per heavy atom. The Morgan fingerprint density at radius 3 is 2.19 bits per heavy atom. The third kappa shape index (κ3) is 9.07. The molecule has 0 fully saturated rings. The lowest BCUT2D eigenvalue weighted by molar-refractivity contribution is -0.139. The molecule has 252 valence electrons. The van der Waals surface area contributed by atoms with Crippen molar-refractivity contribution in [3.63, 3.8) is 0 Å². The van der Waals surface area contributed by atoms with Crippen molar-refractivity contribution in [3.8, 4) is 23.5 Å². The van der Waals surface area contributed by atoms with Gasteiger partial charge in [-0.05, 0) is 98.8 Å². The number of amides is 1. The van der Waals surface area contributed by atoms with Gasteiger partial charge in [0, 0.05) is 24.4 Å². The SMILES string of the molecule is C#Cc1cc(-c2c(C)cc(F)cc2C)cc([C@@H](CC(=O)O)NC(=O)[C@@H](CC(C)C)n2cc(CCN(C)C)c(C(F)(F)F)cc2=O)c1F. The summed E-state index contributed by atoms with van der Waals surface area (Å²) in [4.78, 5) is 40.7. The van der Waals surface area contributed by atoms with Gasteiger partial charge in [-0.25, -0.2) is 8.78 Å². The first kappa shape index (κ1) is 37.0. The molecule has 7 nitrogen and oxygen atoms in total. The van der Waals surface area contributed by atoms with Crippen molar-refractivity contribution in [1.29, 1.82) is 0 Å². The summed E-state index contributed by atoms with van der Waals surface area (Å²) in [5.41, 5.74) is -0.974. The number of carboxylic acid groups (broad SMARTS) is 1. The second-order valence-electron chi connectivity index (χ2n) is 12.3. The van der Waals surface area contributed by atoms with Gasteiger partial charge in [-0.3, -0.25) is 14.4 Å². The van der Waals surface area contributed by atoms with Gasteiger partial charge in [0.2, 0.25) is 5.91 Å². The van der Waals surface area contributed by atoms with Crippen LogP contribution in [-0.4, -0.2) is 47.1 Å². The maximum absolute atomic E-state index is 15.8. The highest BCUT2D eigenvalue weighted by atomic mass is 19.4. The molecule has 2 atom stereocenters. The summed E-state index contributed by atoms with van der Waals surface area (Å²) in [7, 11) is 3.36. The van der Waals surface area contributed by atoms with Crippen molar-refractivity contribution in [2.24, 2.45) is 5.92 Å². The first-order valence-electron chi connectivity index (χ1n) is 14.9. The average Bonchev–Trinajstić information content (AvgIpc) is 2.94. The van der Waals surface area contributed by atoms with Crippen molar-refractivity contribution < 1.29 is 36.6 Å². The number of likely N-dealkylation sites (N-methyl/N-ethyl adjacent to an activating group) is 1. The Labute approximate surface area is 270 Å². The molecule has 2 aromatic carbocycles. The molecule has 0 spiro atoms. The second kappa shape index (κ2) is 14.9. The number of nitrogens with zero attached hydrogens (tertiary/aromatic N) is 2. The number of alkyl halides is 3. The van der Waals surface area contributed by atoms with E-state index in [4.69, 9.17) is 6.42 Å². The number of halogens is 5. The normalized spacial score (nSPS) is 13.0. The molecule has 1 aromatic heterocycles. The molecule has 0 radical (unpaired) electrons. The van der Waals surface area contributed by atoms with E-state index >= 15 is 4.39 Å². The lowest BCUT2D eigenvalue weighted by Crippen LogP contribution is -2.41. The first-order chi connectivity index (χ1) is 21.8. The number of aryl methyl sites for hydroxylation is 2. The fraction of sp³-hybridized carbons (Fsp3) is 0.400. The molecular formula is C35H38F5N3O4. The van der Waals surface area contributed by atoms with Crippen LogP contribution in [0.25, 0.3) is 11.1 Å². The summed E-state index contributed by atoms with van der Waals surface area (Å²) in [6.07, 6.45) is 0.923. The van der Waals surface area contributed by atoms with Crippen LogP contribution in [0.15, 0.2) is 41.3 Å². The molecule has 3 aromatic rings. The lowest BCUT2D eigenvalue weighted by atomic mass is 9.90. The number of hydrogen-bond donors (Lipinski definition) is 2. The molecule has 47 heavy (non-hydrogen) atoms. The van der Waals surface area contributed by atoms with Crippen molar-refractivity contribution in [2.75, 3.05) is 20.6 Å². The third-order valence-corrected chi connectivity index (χ3v) is 7.74. The van der Waals surface area contributed by atoms with Gasteiger partial charge in [0.05, 0.1) is 23.6 Å². The van der Waals surface area contributed by atoms with Crippen LogP contribution in [0.4, 0.5) is 22.0 Å². The van der Waals surface area contributed by atoms with Crippen LogP contribution >= 0.6 is 0 Å². The van der Waals surface area contributed by atoms with Crippen molar-refractivity contribution in [1.82, 2.24) is 14.8 Å². The summed E-state index contributed by atoms with van der Waals surface area (Å²) in [5.74, 6) is -1.74. The number of aliphatic carboxylic acids is 1. The van der Waals surface area contributed by atoms with Gasteiger partial charge in [0.15, 0.2) is 0 Å². The first-order valence-corrected chi connectivity index (χ1v) is 14.9. The number of hydrogen-bond acceptors (Lipinski definition) is 4. The van der Waals surface area contributed by atoms with Crippen LogP contribution in [0.3, 0.4) is 0 Å². The minimum Gasteiger partial charge on any atom is -0.481 e. The standard InChI is InChI=1S/C35H38F5N3O4/c1-8-22-14-24(32-20(4)12-25(36)13-21(32)5)15-26(33(22)37)28(17-31(45)46)41-34(47)29(11-19(2)3)43-18-23(9-10-42(6)7)27(16-30(43)44)35(38,39)40/h1,12-16,18-19,28-29H,9-11,17H2,2-7H3,(H,41,47)(H,45,46)/t28-,29-/m1/s1. The quantitative estimate of drug-likeness (QED) is 0.173. The zero-order chi connectivity index (χ0) is 35.4. The summed E-state index contributed by atoms with van der Waals surface area (Å²) in [6, 6.07) is 2.85. The smallest absolute Gasteiger partial charge is 0.416 e. The number of terminal acetylenes is 1. The zero-order valence-corrected chi connectivity index (χ0v) is 27.1. The van der Waals surface area contributed by atoms with Crippen LogP contribution in [0.5, 0.6) is 0 Å².